The molecule has 0 heterocycles. The molecule has 162 valence electrons. The number of carbonyl (C=O) groups is 2. The molecule has 0 aliphatic heterocycles. The van der Waals surface area contributed by atoms with Crippen molar-refractivity contribution in [1.29, 1.82) is 0 Å². The Hall–Kier alpha value is -1.47. The molecule has 5 nitrogen and oxygen atoms in total. The van der Waals surface area contributed by atoms with Gasteiger partial charge in [0, 0.05) is 27.6 Å². The molecule has 2 amide bonds. The van der Waals surface area contributed by atoms with Gasteiger partial charge in [-0.1, -0.05) is 63.7 Å². The van der Waals surface area contributed by atoms with E-state index in [9.17, 15) is 9.59 Å². The molecule has 0 saturated heterocycles. The van der Waals surface area contributed by atoms with E-state index < -0.39 is 6.04 Å². The smallest absolute Gasteiger partial charge is 0.261 e. The van der Waals surface area contributed by atoms with Gasteiger partial charge in [0.1, 0.15) is 11.8 Å². The van der Waals surface area contributed by atoms with Gasteiger partial charge in [-0.05, 0) is 49.2 Å². The van der Waals surface area contributed by atoms with E-state index in [1.54, 1.807) is 36.4 Å². The van der Waals surface area contributed by atoms with Crippen LogP contribution in [0.1, 0.15) is 25.8 Å². The van der Waals surface area contributed by atoms with Crippen molar-refractivity contribution >= 4 is 62.5 Å². The Bertz CT molecular complexity index is 911. The molecule has 1 atom stereocenters. The van der Waals surface area contributed by atoms with Crippen LogP contribution in [0.3, 0.4) is 0 Å². The van der Waals surface area contributed by atoms with Gasteiger partial charge in [-0.2, -0.15) is 0 Å². The average Bonchev–Trinajstić information content (AvgIpc) is 2.68. The number of nitrogens with zero attached hydrogens (tertiary/aromatic N) is 1. The first-order chi connectivity index (χ1) is 14.3. The second-order valence-corrected chi connectivity index (χ2v) is 8.61. The van der Waals surface area contributed by atoms with E-state index in [1.165, 1.54) is 4.90 Å². The van der Waals surface area contributed by atoms with Crippen molar-refractivity contribution in [1.82, 2.24) is 10.2 Å². The van der Waals surface area contributed by atoms with Gasteiger partial charge in [0.25, 0.3) is 5.91 Å². The summed E-state index contributed by atoms with van der Waals surface area (Å²) >= 11 is 21.8. The molecule has 30 heavy (non-hydrogen) atoms. The minimum atomic E-state index is -0.673. The van der Waals surface area contributed by atoms with E-state index in [2.05, 4.69) is 21.2 Å². The van der Waals surface area contributed by atoms with Crippen molar-refractivity contribution in [3.05, 3.63) is 61.5 Å². The molecule has 0 fully saturated rings. The Morgan fingerprint density at radius 2 is 1.83 bits per heavy atom. The molecule has 1 unspecified atom stereocenters. The zero-order valence-corrected chi connectivity index (χ0v) is 20.4. The van der Waals surface area contributed by atoms with E-state index in [1.807, 2.05) is 13.8 Å². The average molecular weight is 537 g/mol. The summed E-state index contributed by atoms with van der Waals surface area (Å²) in [6, 6.07) is 9.47. The first kappa shape index (κ1) is 24.8. The van der Waals surface area contributed by atoms with Crippen molar-refractivity contribution in [3.8, 4) is 5.75 Å². The lowest BCUT2D eigenvalue weighted by Crippen LogP contribution is -2.50. The minimum absolute atomic E-state index is 0.141. The summed E-state index contributed by atoms with van der Waals surface area (Å²) in [7, 11) is 0. The first-order valence-electron chi connectivity index (χ1n) is 9.35. The summed E-state index contributed by atoms with van der Waals surface area (Å²) < 4.78 is 6.42. The van der Waals surface area contributed by atoms with Crippen LogP contribution >= 0.6 is 50.7 Å². The summed E-state index contributed by atoms with van der Waals surface area (Å²) in [5, 5.41) is 4.06. The molecule has 2 rings (SSSR count). The van der Waals surface area contributed by atoms with Gasteiger partial charge in [-0.15, -0.1) is 0 Å². The van der Waals surface area contributed by atoms with E-state index >= 15 is 0 Å². The standard InChI is InChI=1S/C21H22BrCl3N2O3/c1-3-18(21(29)26-4-2)27(11-13-5-7-15(23)10-16(13)24)20(28)12-30-19-8-6-14(22)9-17(19)25/h5-10,18H,3-4,11-12H2,1-2H3,(H,26,29). The predicted octanol–water partition coefficient (Wildman–Crippen LogP) is 5.73. The van der Waals surface area contributed by atoms with E-state index in [0.29, 0.717) is 39.3 Å². The third-order valence-corrected chi connectivity index (χ3v) is 5.71. The lowest BCUT2D eigenvalue weighted by Gasteiger charge is -2.30. The van der Waals surface area contributed by atoms with Crippen LogP contribution in [-0.4, -0.2) is 35.9 Å². The zero-order chi connectivity index (χ0) is 22.3. The number of halogens is 4. The van der Waals surface area contributed by atoms with Crippen LogP contribution in [-0.2, 0) is 16.1 Å². The summed E-state index contributed by atoms with van der Waals surface area (Å²) in [6.07, 6.45) is 0.432. The van der Waals surface area contributed by atoms with Gasteiger partial charge >= 0.3 is 0 Å². The molecular weight excluding hydrogens is 515 g/mol. The van der Waals surface area contributed by atoms with Crippen molar-refractivity contribution < 1.29 is 14.3 Å². The number of rotatable bonds is 9. The van der Waals surface area contributed by atoms with Gasteiger partial charge < -0.3 is 15.0 Å². The molecule has 0 aliphatic carbocycles. The van der Waals surface area contributed by atoms with Gasteiger partial charge in [0.2, 0.25) is 5.91 Å². The summed E-state index contributed by atoms with van der Waals surface area (Å²) in [4.78, 5) is 27.1. The number of benzene rings is 2. The Morgan fingerprint density at radius 1 is 1.10 bits per heavy atom. The normalized spacial score (nSPS) is 11.7. The second kappa shape index (κ2) is 11.8. The minimum Gasteiger partial charge on any atom is -0.482 e. The molecule has 0 bridgehead atoms. The van der Waals surface area contributed by atoms with Gasteiger partial charge in [-0.3, -0.25) is 9.59 Å². The molecule has 0 aromatic heterocycles. The van der Waals surface area contributed by atoms with Crippen molar-refractivity contribution in [3.63, 3.8) is 0 Å². The maximum Gasteiger partial charge on any atom is 0.261 e. The Balaban J connectivity index is 2.26. The topological polar surface area (TPSA) is 58.6 Å². The zero-order valence-electron chi connectivity index (χ0n) is 16.6. The van der Waals surface area contributed by atoms with Crippen molar-refractivity contribution in [2.45, 2.75) is 32.9 Å². The van der Waals surface area contributed by atoms with Crippen LogP contribution in [0, 0.1) is 0 Å². The number of likely N-dealkylation sites (N-methyl/N-ethyl adjacent to an activating group) is 1. The highest BCUT2D eigenvalue weighted by Crippen LogP contribution is 2.28. The predicted molar refractivity (Wildman–Crippen MR) is 124 cm³/mol. The van der Waals surface area contributed by atoms with Gasteiger partial charge in [-0.25, -0.2) is 0 Å². The molecule has 0 saturated carbocycles. The first-order valence-corrected chi connectivity index (χ1v) is 11.3. The van der Waals surface area contributed by atoms with Crippen LogP contribution in [0.5, 0.6) is 5.75 Å². The highest BCUT2D eigenvalue weighted by molar-refractivity contribution is 9.10. The third kappa shape index (κ3) is 6.77. The molecule has 2 aromatic carbocycles. The number of nitrogens with one attached hydrogen (secondary N) is 1. The number of carbonyl (C=O) groups excluding carboxylic acids is 2. The summed E-state index contributed by atoms with van der Waals surface area (Å²) in [5.74, 6) is -0.220. The molecule has 0 spiro atoms. The van der Waals surface area contributed by atoms with E-state index in [0.717, 1.165) is 4.47 Å². The van der Waals surface area contributed by atoms with Crippen LogP contribution in [0.2, 0.25) is 15.1 Å². The van der Waals surface area contributed by atoms with Gasteiger partial charge in [0.15, 0.2) is 6.61 Å². The van der Waals surface area contributed by atoms with Crippen molar-refractivity contribution in [2.75, 3.05) is 13.2 Å². The fourth-order valence-corrected chi connectivity index (χ4v) is 4.06. The fourth-order valence-electron chi connectivity index (χ4n) is 2.86. The Morgan fingerprint density at radius 3 is 2.43 bits per heavy atom. The fraction of sp³-hybridized carbons (Fsp3) is 0.333. The van der Waals surface area contributed by atoms with E-state index in [-0.39, 0.29) is 25.0 Å². The quantitative estimate of drug-likeness (QED) is 0.445. The number of hydrogen-bond acceptors (Lipinski definition) is 3. The second-order valence-electron chi connectivity index (χ2n) is 6.44. The maximum absolute atomic E-state index is 13.1. The molecule has 9 heteroatoms. The van der Waals surface area contributed by atoms with E-state index in [4.69, 9.17) is 39.5 Å². The molecule has 0 radical (unpaired) electrons. The molecule has 0 aliphatic rings. The summed E-state index contributed by atoms with van der Waals surface area (Å²) in [6.45, 7) is 4.00. The maximum atomic E-state index is 13.1. The van der Waals surface area contributed by atoms with Crippen LogP contribution < -0.4 is 10.1 Å². The lowest BCUT2D eigenvalue weighted by molar-refractivity contribution is -0.142. The highest BCUT2D eigenvalue weighted by Gasteiger charge is 2.29. The Kier molecular flexibility index (Phi) is 9.75. The third-order valence-electron chi connectivity index (χ3n) is 4.34. The molecular formula is C21H22BrCl3N2O3. The number of amides is 2. The number of ether oxygens (including phenoxy) is 1. The van der Waals surface area contributed by atoms with Crippen LogP contribution in [0.4, 0.5) is 0 Å². The van der Waals surface area contributed by atoms with Crippen LogP contribution in [0.15, 0.2) is 40.9 Å². The Labute approximate surface area is 199 Å². The monoisotopic (exact) mass is 534 g/mol. The highest BCUT2D eigenvalue weighted by atomic mass is 79.9. The molecule has 2 aromatic rings. The SMILES string of the molecule is CCNC(=O)C(CC)N(Cc1ccc(Cl)cc1Cl)C(=O)COc1ccc(Br)cc1Cl. The summed E-state index contributed by atoms with van der Waals surface area (Å²) in [5.41, 5.74) is 0.679. The lowest BCUT2D eigenvalue weighted by atomic mass is 10.1. The van der Waals surface area contributed by atoms with Crippen LogP contribution in [0.25, 0.3) is 0 Å². The molecule has 1 N–H and O–H groups in total. The largest absolute Gasteiger partial charge is 0.482 e. The van der Waals surface area contributed by atoms with Gasteiger partial charge in [0.05, 0.1) is 5.02 Å². The number of hydrogen-bond donors (Lipinski definition) is 1. The van der Waals surface area contributed by atoms with Crippen molar-refractivity contribution in [2.24, 2.45) is 0 Å².